The van der Waals surface area contributed by atoms with Crippen LogP contribution in [-0.2, 0) is 11.2 Å². The van der Waals surface area contributed by atoms with Gasteiger partial charge in [0.1, 0.15) is 0 Å². The molecule has 0 saturated carbocycles. The Bertz CT molecular complexity index is 695. The van der Waals surface area contributed by atoms with Crippen LogP contribution in [0.15, 0.2) is 54.6 Å². The summed E-state index contributed by atoms with van der Waals surface area (Å²) in [7, 11) is 1.91. The van der Waals surface area contributed by atoms with E-state index in [0.717, 1.165) is 25.2 Å². The molecule has 4 nitrogen and oxygen atoms in total. The number of hydrogen-bond donors (Lipinski definition) is 1. The second kappa shape index (κ2) is 8.17. The van der Waals surface area contributed by atoms with Gasteiger partial charge < -0.3 is 15.5 Å². The fourth-order valence-corrected chi connectivity index (χ4v) is 3.49. The van der Waals surface area contributed by atoms with Crippen molar-refractivity contribution in [1.29, 1.82) is 0 Å². The average molecular weight is 337 g/mol. The minimum Gasteiger partial charge on any atom is -0.398 e. The lowest BCUT2D eigenvalue weighted by Gasteiger charge is -2.32. The zero-order valence-electron chi connectivity index (χ0n) is 14.9. The van der Waals surface area contributed by atoms with Gasteiger partial charge in [-0.15, -0.1) is 0 Å². The normalized spacial score (nSPS) is 15.9. The third-order valence-corrected chi connectivity index (χ3v) is 5.07. The Kier molecular flexibility index (Phi) is 5.71. The number of anilines is 1. The van der Waals surface area contributed by atoms with Crippen LogP contribution in [0.3, 0.4) is 0 Å². The van der Waals surface area contributed by atoms with E-state index in [1.54, 1.807) is 0 Å². The zero-order chi connectivity index (χ0) is 17.6. The first-order chi connectivity index (χ1) is 12.1. The first-order valence-corrected chi connectivity index (χ1v) is 9.01. The highest BCUT2D eigenvalue weighted by molar-refractivity contribution is 5.80. The SMILES string of the molecule is CN(C(=O)Cc1ccccc1N)C(CN1CCCC1)c1ccccc1. The highest BCUT2D eigenvalue weighted by Gasteiger charge is 2.25. The number of nitrogen functional groups attached to an aromatic ring is 1. The molecule has 25 heavy (non-hydrogen) atoms. The van der Waals surface area contributed by atoms with Crippen LogP contribution in [0, 0.1) is 0 Å². The van der Waals surface area contributed by atoms with E-state index in [2.05, 4.69) is 17.0 Å². The monoisotopic (exact) mass is 337 g/mol. The topological polar surface area (TPSA) is 49.6 Å². The van der Waals surface area contributed by atoms with Crippen molar-refractivity contribution < 1.29 is 4.79 Å². The van der Waals surface area contributed by atoms with Crippen LogP contribution in [-0.4, -0.2) is 42.4 Å². The maximum atomic E-state index is 12.9. The van der Waals surface area contributed by atoms with Crippen molar-refractivity contribution in [2.24, 2.45) is 0 Å². The van der Waals surface area contributed by atoms with E-state index in [4.69, 9.17) is 5.73 Å². The second-order valence-corrected chi connectivity index (χ2v) is 6.81. The fraction of sp³-hybridized carbons (Fsp3) is 0.381. The Hall–Kier alpha value is -2.33. The fourth-order valence-electron chi connectivity index (χ4n) is 3.49. The number of nitrogens with zero attached hydrogens (tertiary/aromatic N) is 2. The molecule has 1 aliphatic rings. The van der Waals surface area contributed by atoms with Gasteiger partial charge in [0, 0.05) is 19.3 Å². The largest absolute Gasteiger partial charge is 0.398 e. The predicted octanol–water partition coefficient (Wildman–Crippen LogP) is 3.11. The molecule has 2 aromatic rings. The molecule has 1 amide bonds. The van der Waals surface area contributed by atoms with E-state index in [0.29, 0.717) is 12.1 Å². The van der Waals surface area contributed by atoms with Crippen molar-refractivity contribution in [2.45, 2.75) is 25.3 Å². The molecule has 0 radical (unpaired) electrons. The molecule has 2 aromatic carbocycles. The molecule has 1 unspecified atom stereocenters. The molecule has 1 aliphatic heterocycles. The summed E-state index contributed by atoms with van der Waals surface area (Å²) in [4.78, 5) is 17.3. The van der Waals surface area contributed by atoms with Crippen molar-refractivity contribution >= 4 is 11.6 Å². The highest BCUT2D eigenvalue weighted by atomic mass is 16.2. The van der Waals surface area contributed by atoms with E-state index >= 15 is 0 Å². The summed E-state index contributed by atoms with van der Waals surface area (Å²) >= 11 is 0. The number of rotatable bonds is 6. The van der Waals surface area contributed by atoms with Gasteiger partial charge in [0.15, 0.2) is 0 Å². The van der Waals surface area contributed by atoms with E-state index in [9.17, 15) is 4.79 Å². The summed E-state index contributed by atoms with van der Waals surface area (Å²) in [6.07, 6.45) is 2.84. The first kappa shape index (κ1) is 17.5. The third kappa shape index (κ3) is 4.40. The van der Waals surface area contributed by atoms with Gasteiger partial charge in [-0.05, 0) is 43.1 Å². The smallest absolute Gasteiger partial charge is 0.227 e. The Labute approximate surface area is 150 Å². The van der Waals surface area contributed by atoms with E-state index < -0.39 is 0 Å². The summed E-state index contributed by atoms with van der Waals surface area (Å²) in [5.74, 6) is 0.103. The molecule has 0 spiro atoms. The quantitative estimate of drug-likeness (QED) is 0.824. The number of amides is 1. The van der Waals surface area contributed by atoms with Gasteiger partial charge in [-0.3, -0.25) is 4.79 Å². The number of benzene rings is 2. The molecule has 132 valence electrons. The number of para-hydroxylation sites is 1. The lowest BCUT2D eigenvalue weighted by Crippen LogP contribution is -2.39. The number of carbonyl (C=O) groups excluding carboxylic acids is 1. The van der Waals surface area contributed by atoms with Crippen LogP contribution >= 0.6 is 0 Å². The molecule has 1 fully saturated rings. The molecule has 3 rings (SSSR count). The lowest BCUT2D eigenvalue weighted by molar-refractivity contribution is -0.131. The Morgan fingerprint density at radius 2 is 1.72 bits per heavy atom. The Morgan fingerprint density at radius 1 is 1.08 bits per heavy atom. The maximum Gasteiger partial charge on any atom is 0.227 e. The molecule has 0 aliphatic carbocycles. The van der Waals surface area contributed by atoms with Gasteiger partial charge in [0.05, 0.1) is 12.5 Å². The second-order valence-electron chi connectivity index (χ2n) is 6.81. The number of nitrogens with two attached hydrogens (primary N) is 1. The molecule has 1 atom stereocenters. The first-order valence-electron chi connectivity index (χ1n) is 9.01. The number of hydrogen-bond acceptors (Lipinski definition) is 3. The lowest BCUT2D eigenvalue weighted by atomic mass is 10.0. The summed E-state index contributed by atoms with van der Waals surface area (Å²) < 4.78 is 0. The molecule has 4 heteroatoms. The van der Waals surface area contributed by atoms with Crippen molar-refractivity contribution in [2.75, 3.05) is 32.4 Å². The van der Waals surface area contributed by atoms with Crippen LogP contribution in [0.1, 0.15) is 30.0 Å². The minimum absolute atomic E-state index is 0.0664. The number of likely N-dealkylation sites (N-methyl/N-ethyl adjacent to an activating group) is 1. The third-order valence-electron chi connectivity index (χ3n) is 5.07. The molecule has 1 heterocycles. The number of likely N-dealkylation sites (tertiary alicyclic amines) is 1. The predicted molar refractivity (Wildman–Crippen MR) is 102 cm³/mol. The Balaban J connectivity index is 1.76. The van der Waals surface area contributed by atoms with Crippen LogP contribution in [0.2, 0.25) is 0 Å². The number of carbonyl (C=O) groups is 1. The van der Waals surface area contributed by atoms with Crippen LogP contribution in [0.4, 0.5) is 5.69 Å². The standard InChI is InChI=1S/C21H27N3O/c1-23(21(25)15-18-11-5-6-12-19(18)22)20(16-24-13-7-8-14-24)17-9-3-2-4-10-17/h2-6,9-12,20H,7-8,13-16,22H2,1H3. The van der Waals surface area contributed by atoms with Crippen LogP contribution in [0.25, 0.3) is 0 Å². The van der Waals surface area contributed by atoms with Crippen molar-refractivity contribution in [3.05, 3.63) is 65.7 Å². The average Bonchev–Trinajstić information content (AvgIpc) is 3.15. The summed E-state index contributed by atoms with van der Waals surface area (Å²) in [6, 6.07) is 18.0. The molecule has 0 bridgehead atoms. The molecule has 0 aromatic heterocycles. The van der Waals surface area contributed by atoms with Gasteiger partial charge in [0.2, 0.25) is 5.91 Å². The molecular formula is C21H27N3O. The summed E-state index contributed by atoms with van der Waals surface area (Å²) in [5.41, 5.74) is 8.77. The van der Waals surface area contributed by atoms with Crippen LogP contribution in [0.5, 0.6) is 0 Å². The molecular weight excluding hydrogens is 310 g/mol. The van der Waals surface area contributed by atoms with Crippen molar-refractivity contribution in [3.63, 3.8) is 0 Å². The van der Waals surface area contributed by atoms with Crippen molar-refractivity contribution in [1.82, 2.24) is 9.80 Å². The summed E-state index contributed by atoms with van der Waals surface area (Å²) in [5, 5.41) is 0. The minimum atomic E-state index is 0.0664. The van der Waals surface area contributed by atoms with Gasteiger partial charge in [-0.25, -0.2) is 0 Å². The Morgan fingerprint density at radius 3 is 2.40 bits per heavy atom. The van der Waals surface area contributed by atoms with Gasteiger partial charge in [-0.1, -0.05) is 48.5 Å². The maximum absolute atomic E-state index is 12.9. The van der Waals surface area contributed by atoms with E-state index in [1.807, 2.05) is 54.4 Å². The van der Waals surface area contributed by atoms with Crippen LogP contribution < -0.4 is 5.73 Å². The summed E-state index contributed by atoms with van der Waals surface area (Å²) in [6.45, 7) is 3.13. The molecule has 1 saturated heterocycles. The van der Waals surface area contributed by atoms with Gasteiger partial charge in [-0.2, -0.15) is 0 Å². The van der Waals surface area contributed by atoms with Gasteiger partial charge >= 0.3 is 0 Å². The zero-order valence-corrected chi connectivity index (χ0v) is 14.9. The van der Waals surface area contributed by atoms with E-state index in [1.165, 1.54) is 18.4 Å². The van der Waals surface area contributed by atoms with Gasteiger partial charge in [0.25, 0.3) is 0 Å². The van der Waals surface area contributed by atoms with Crippen molar-refractivity contribution in [3.8, 4) is 0 Å². The highest BCUT2D eigenvalue weighted by Crippen LogP contribution is 2.24. The molecule has 2 N–H and O–H groups in total. The van der Waals surface area contributed by atoms with E-state index in [-0.39, 0.29) is 11.9 Å².